The number of nitrogens with zero attached hydrogens (tertiary/aromatic N) is 1. The lowest BCUT2D eigenvalue weighted by atomic mass is 9.93. The van der Waals surface area contributed by atoms with Crippen LogP contribution in [-0.2, 0) is 19.4 Å². The summed E-state index contributed by atoms with van der Waals surface area (Å²) in [5.41, 5.74) is 1.38. The van der Waals surface area contributed by atoms with Crippen LogP contribution in [0.15, 0.2) is 0 Å². The second-order valence-electron chi connectivity index (χ2n) is 4.86. The van der Waals surface area contributed by atoms with Gasteiger partial charge in [0.25, 0.3) is 0 Å². The van der Waals surface area contributed by atoms with Gasteiger partial charge >= 0.3 is 0 Å². The van der Waals surface area contributed by atoms with Crippen molar-refractivity contribution in [3.63, 3.8) is 0 Å². The van der Waals surface area contributed by atoms with Gasteiger partial charge in [-0.3, -0.25) is 0 Å². The fourth-order valence-electron chi connectivity index (χ4n) is 2.17. The lowest BCUT2D eigenvalue weighted by Gasteiger charge is -2.15. The summed E-state index contributed by atoms with van der Waals surface area (Å²) in [5, 5.41) is 4.76. The molecular weight excluding hydrogens is 216 g/mol. The molecule has 2 rings (SSSR count). The van der Waals surface area contributed by atoms with E-state index in [-0.39, 0.29) is 0 Å². The maximum Gasteiger partial charge on any atom is 0.107 e. The minimum absolute atomic E-state index is 0.855. The zero-order chi connectivity index (χ0) is 11.4. The molecule has 0 saturated heterocycles. The maximum absolute atomic E-state index is 4.74. The van der Waals surface area contributed by atoms with Gasteiger partial charge < -0.3 is 5.32 Å². The first-order valence-corrected chi connectivity index (χ1v) is 7.29. The Bertz CT molecular complexity index is 333. The predicted molar refractivity (Wildman–Crippen MR) is 69.9 cm³/mol. The van der Waals surface area contributed by atoms with Crippen molar-refractivity contribution in [1.29, 1.82) is 0 Å². The summed E-state index contributed by atoms with van der Waals surface area (Å²) >= 11 is 1.92. The molecule has 90 valence electrons. The minimum Gasteiger partial charge on any atom is -0.310 e. The third-order valence-electron chi connectivity index (χ3n) is 3.21. The first kappa shape index (κ1) is 12.1. The van der Waals surface area contributed by atoms with Crippen molar-refractivity contribution in [2.75, 3.05) is 6.54 Å². The third-order valence-corrected chi connectivity index (χ3v) is 4.33. The Balaban J connectivity index is 1.87. The van der Waals surface area contributed by atoms with Crippen LogP contribution in [0.2, 0.25) is 0 Å². The Morgan fingerprint density at radius 2 is 2.38 bits per heavy atom. The lowest BCUT2D eigenvalue weighted by Crippen LogP contribution is -2.14. The average molecular weight is 238 g/mol. The molecule has 3 heteroatoms. The molecule has 1 atom stereocenters. The summed E-state index contributed by atoms with van der Waals surface area (Å²) in [6, 6.07) is 0. The van der Waals surface area contributed by atoms with E-state index in [1.54, 1.807) is 4.88 Å². The lowest BCUT2D eigenvalue weighted by molar-refractivity contribution is 0.501. The highest BCUT2D eigenvalue weighted by atomic mass is 32.1. The van der Waals surface area contributed by atoms with E-state index in [4.69, 9.17) is 4.98 Å². The van der Waals surface area contributed by atoms with Crippen LogP contribution in [0.1, 0.15) is 48.7 Å². The summed E-state index contributed by atoms with van der Waals surface area (Å²) in [7, 11) is 0. The summed E-state index contributed by atoms with van der Waals surface area (Å²) in [5.74, 6) is 0.855. The highest BCUT2D eigenvalue weighted by molar-refractivity contribution is 7.11. The van der Waals surface area contributed by atoms with Crippen LogP contribution in [0, 0.1) is 5.92 Å². The van der Waals surface area contributed by atoms with Gasteiger partial charge in [0, 0.05) is 11.4 Å². The molecule has 0 fully saturated rings. The number of aryl methyl sites for hydroxylation is 1. The van der Waals surface area contributed by atoms with Gasteiger partial charge in [0.1, 0.15) is 5.01 Å². The van der Waals surface area contributed by atoms with Crippen LogP contribution < -0.4 is 5.32 Å². The normalized spacial score (nSPS) is 19.8. The Kier molecular flexibility index (Phi) is 4.36. The van der Waals surface area contributed by atoms with Gasteiger partial charge in [0.05, 0.1) is 5.69 Å². The van der Waals surface area contributed by atoms with E-state index in [0.717, 1.165) is 19.0 Å². The van der Waals surface area contributed by atoms with E-state index in [2.05, 4.69) is 19.2 Å². The molecule has 0 aliphatic heterocycles. The fraction of sp³-hybridized carbons (Fsp3) is 0.769. The second-order valence-corrected chi connectivity index (χ2v) is 6.02. The molecule has 0 bridgehead atoms. The Hall–Kier alpha value is -0.410. The largest absolute Gasteiger partial charge is 0.310 e. The molecule has 0 amide bonds. The zero-order valence-electron chi connectivity index (χ0n) is 10.4. The first-order valence-electron chi connectivity index (χ1n) is 6.47. The number of unbranched alkanes of at least 4 members (excludes halogenated alkanes) is 1. The smallest absolute Gasteiger partial charge is 0.107 e. The molecule has 1 heterocycles. The summed E-state index contributed by atoms with van der Waals surface area (Å²) in [6.45, 7) is 6.66. The Morgan fingerprint density at radius 3 is 3.19 bits per heavy atom. The number of hydrogen-bond donors (Lipinski definition) is 1. The zero-order valence-corrected chi connectivity index (χ0v) is 11.2. The molecule has 2 nitrogen and oxygen atoms in total. The summed E-state index contributed by atoms with van der Waals surface area (Å²) in [4.78, 5) is 6.29. The quantitative estimate of drug-likeness (QED) is 0.797. The van der Waals surface area contributed by atoms with E-state index in [0.29, 0.717) is 0 Å². The third kappa shape index (κ3) is 3.05. The molecule has 1 unspecified atom stereocenters. The van der Waals surface area contributed by atoms with E-state index in [1.807, 2.05) is 11.3 Å². The number of rotatable bonds is 5. The minimum atomic E-state index is 0.855. The van der Waals surface area contributed by atoms with Gasteiger partial charge in [-0.1, -0.05) is 20.3 Å². The highest BCUT2D eigenvalue weighted by Crippen LogP contribution is 2.29. The van der Waals surface area contributed by atoms with Gasteiger partial charge in [0.2, 0.25) is 0 Å². The van der Waals surface area contributed by atoms with Crippen LogP contribution in [0.25, 0.3) is 0 Å². The van der Waals surface area contributed by atoms with Crippen LogP contribution >= 0.6 is 11.3 Å². The van der Waals surface area contributed by atoms with Gasteiger partial charge in [0.15, 0.2) is 0 Å². The molecule has 0 saturated carbocycles. The van der Waals surface area contributed by atoms with Gasteiger partial charge in [-0.2, -0.15) is 0 Å². The molecule has 1 aromatic heterocycles. The predicted octanol–water partition coefficient (Wildman–Crippen LogP) is 3.16. The van der Waals surface area contributed by atoms with Crippen LogP contribution in [-0.4, -0.2) is 11.5 Å². The summed E-state index contributed by atoms with van der Waals surface area (Å²) in [6.07, 6.45) is 6.30. The van der Waals surface area contributed by atoms with E-state index in [9.17, 15) is 0 Å². The number of thiazole rings is 1. The van der Waals surface area contributed by atoms with Crippen molar-refractivity contribution >= 4 is 11.3 Å². The van der Waals surface area contributed by atoms with E-state index >= 15 is 0 Å². The molecule has 16 heavy (non-hydrogen) atoms. The van der Waals surface area contributed by atoms with Crippen molar-refractivity contribution < 1.29 is 0 Å². The molecule has 0 spiro atoms. The van der Waals surface area contributed by atoms with Crippen molar-refractivity contribution in [2.45, 2.75) is 52.5 Å². The van der Waals surface area contributed by atoms with Crippen LogP contribution in [0.3, 0.4) is 0 Å². The molecule has 1 aliphatic carbocycles. The van der Waals surface area contributed by atoms with Crippen molar-refractivity contribution in [2.24, 2.45) is 5.92 Å². The van der Waals surface area contributed by atoms with Gasteiger partial charge in [-0.25, -0.2) is 4.98 Å². The second kappa shape index (κ2) is 5.78. The Morgan fingerprint density at radius 1 is 1.50 bits per heavy atom. The van der Waals surface area contributed by atoms with Gasteiger partial charge in [-0.05, 0) is 38.1 Å². The number of nitrogens with one attached hydrogen (secondary N) is 1. The number of aromatic nitrogens is 1. The van der Waals surface area contributed by atoms with Crippen molar-refractivity contribution in [3.05, 3.63) is 15.6 Å². The Labute approximate surface area is 102 Å². The molecule has 0 aromatic carbocycles. The molecule has 0 radical (unpaired) electrons. The SMILES string of the molecule is CCCCNCc1nc2c(s1)CC(C)CC2. The highest BCUT2D eigenvalue weighted by Gasteiger charge is 2.19. The number of hydrogen-bond acceptors (Lipinski definition) is 3. The maximum atomic E-state index is 4.74. The molecular formula is C13H22N2S. The van der Waals surface area contributed by atoms with Crippen LogP contribution in [0.4, 0.5) is 0 Å². The standard InChI is InChI=1S/C13H22N2S/c1-3-4-7-14-9-13-15-11-6-5-10(2)8-12(11)16-13/h10,14H,3-9H2,1-2H3. The molecule has 1 N–H and O–H groups in total. The van der Waals surface area contributed by atoms with Crippen molar-refractivity contribution in [1.82, 2.24) is 10.3 Å². The molecule has 1 aliphatic rings. The van der Waals surface area contributed by atoms with E-state index in [1.165, 1.54) is 42.8 Å². The monoisotopic (exact) mass is 238 g/mol. The number of fused-ring (bicyclic) bond motifs is 1. The average Bonchev–Trinajstić information content (AvgIpc) is 2.66. The van der Waals surface area contributed by atoms with E-state index < -0.39 is 0 Å². The van der Waals surface area contributed by atoms with Crippen LogP contribution in [0.5, 0.6) is 0 Å². The fourth-order valence-corrected chi connectivity index (χ4v) is 3.41. The summed E-state index contributed by atoms with van der Waals surface area (Å²) < 4.78 is 0. The first-order chi connectivity index (χ1) is 7.79. The van der Waals surface area contributed by atoms with Crippen molar-refractivity contribution in [3.8, 4) is 0 Å². The molecule has 1 aromatic rings. The van der Waals surface area contributed by atoms with Gasteiger partial charge in [-0.15, -0.1) is 11.3 Å². The topological polar surface area (TPSA) is 24.9 Å².